The SMILES string of the molecule is C=CCOC(=O)N1c2cc(OCCCOc3cc4c(cc3OC)C(=O)N3CC=C(c5ccc(OC)cc5)C[C@H]3C(OC)N4C(=O)OCC=C)c(OC)cc2C(=O)N2CCC(c3ccc(OC)cc3)=C[C@H]2C1OC. The van der Waals surface area contributed by atoms with Crippen LogP contribution in [0, 0.1) is 0 Å². The van der Waals surface area contributed by atoms with Gasteiger partial charge >= 0.3 is 12.2 Å². The van der Waals surface area contributed by atoms with E-state index in [-0.39, 0.29) is 90.3 Å². The summed E-state index contributed by atoms with van der Waals surface area (Å²) < 4.78 is 58.3. The molecule has 18 nitrogen and oxygen atoms in total. The van der Waals surface area contributed by atoms with Crippen LogP contribution in [-0.2, 0) is 18.9 Å². The van der Waals surface area contributed by atoms with Crippen molar-refractivity contribution in [2.24, 2.45) is 0 Å². The van der Waals surface area contributed by atoms with Crippen molar-refractivity contribution < 1.29 is 66.5 Å². The van der Waals surface area contributed by atoms with Gasteiger partial charge in [-0.1, -0.05) is 61.7 Å². The Morgan fingerprint density at radius 2 is 1.11 bits per heavy atom. The molecule has 4 amide bonds. The topological polar surface area (TPSA) is 174 Å². The molecular weight excluding hydrogens is 941 g/mol. The van der Waals surface area contributed by atoms with Crippen LogP contribution in [0.4, 0.5) is 21.0 Å². The second-order valence-electron chi connectivity index (χ2n) is 17.2. The second-order valence-corrected chi connectivity index (χ2v) is 17.2. The van der Waals surface area contributed by atoms with Crippen molar-refractivity contribution in [2.45, 2.75) is 43.8 Å². The Bertz CT molecular complexity index is 2780. The Labute approximate surface area is 424 Å². The number of anilines is 2. The van der Waals surface area contributed by atoms with Crippen molar-refractivity contribution in [3.05, 3.63) is 133 Å². The average Bonchev–Trinajstić information content (AvgIpc) is 3.59. The van der Waals surface area contributed by atoms with Gasteiger partial charge in [-0.05, 0) is 71.5 Å². The molecule has 0 aliphatic carbocycles. The molecule has 4 aliphatic heterocycles. The number of carbonyl (C=O) groups is 4. The van der Waals surface area contributed by atoms with Crippen molar-refractivity contribution in [1.29, 1.82) is 0 Å². The first kappa shape index (κ1) is 51.4. The molecule has 2 unspecified atom stereocenters. The van der Waals surface area contributed by atoms with Gasteiger partial charge in [0, 0.05) is 45.9 Å². The highest BCUT2D eigenvalue weighted by Crippen LogP contribution is 2.45. The lowest BCUT2D eigenvalue weighted by atomic mass is 9.92. The Kier molecular flexibility index (Phi) is 16.2. The van der Waals surface area contributed by atoms with Crippen LogP contribution < -0.4 is 38.2 Å². The fourth-order valence-corrected chi connectivity index (χ4v) is 9.61. The minimum absolute atomic E-state index is 0.0814. The van der Waals surface area contributed by atoms with Crippen LogP contribution in [0.1, 0.15) is 51.1 Å². The molecule has 4 aromatic carbocycles. The lowest BCUT2D eigenvalue weighted by molar-refractivity contribution is 0.0175. The zero-order valence-electron chi connectivity index (χ0n) is 41.8. The maximum absolute atomic E-state index is 14.6. The first-order valence-electron chi connectivity index (χ1n) is 23.7. The summed E-state index contributed by atoms with van der Waals surface area (Å²) in [6.07, 6.45) is 4.59. The van der Waals surface area contributed by atoms with E-state index in [1.807, 2.05) is 60.7 Å². The van der Waals surface area contributed by atoms with Crippen molar-refractivity contribution in [1.82, 2.24) is 9.80 Å². The van der Waals surface area contributed by atoms with E-state index in [4.69, 9.17) is 47.4 Å². The third-order valence-corrected chi connectivity index (χ3v) is 13.2. The van der Waals surface area contributed by atoms with Gasteiger partial charge in [0.05, 0.1) is 76.2 Å². The number of methoxy groups -OCH3 is 6. The van der Waals surface area contributed by atoms with Gasteiger partial charge < -0.3 is 57.2 Å². The predicted octanol–water partition coefficient (Wildman–Crippen LogP) is 8.40. The number of hydrogen-bond donors (Lipinski definition) is 0. The minimum Gasteiger partial charge on any atom is -0.497 e. The van der Waals surface area contributed by atoms with Crippen LogP contribution in [0.15, 0.2) is 110 Å². The molecule has 4 atom stereocenters. The number of hydrogen-bond acceptors (Lipinski definition) is 14. The zero-order chi connectivity index (χ0) is 51.8. The Balaban J connectivity index is 1.04. The molecule has 8 rings (SSSR count). The van der Waals surface area contributed by atoms with Crippen molar-refractivity contribution in [3.63, 3.8) is 0 Å². The van der Waals surface area contributed by atoms with Gasteiger partial charge in [0.2, 0.25) is 0 Å². The maximum atomic E-state index is 14.6. The Morgan fingerprint density at radius 1 is 0.616 bits per heavy atom. The van der Waals surface area contributed by atoms with E-state index in [1.54, 1.807) is 48.3 Å². The highest BCUT2D eigenvalue weighted by Gasteiger charge is 2.47. The van der Waals surface area contributed by atoms with Crippen LogP contribution in [0.2, 0.25) is 0 Å². The summed E-state index contributed by atoms with van der Waals surface area (Å²) in [5.74, 6) is 1.73. The van der Waals surface area contributed by atoms with Gasteiger partial charge in [0.15, 0.2) is 35.5 Å². The third-order valence-electron chi connectivity index (χ3n) is 13.2. The molecule has 384 valence electrons. The molecule has 0 spiro atoms. The average molecular weight is 1000 g/mol. The van der Waals surface area contributed by atoms with Crippen LogP contribution in [-0.4, -0.2) is 141 Å². The van der Waals surface area contributed by atoms with Crippen LogP contribution in [0.25, 0.3) is 11.1 Å². The number of fused-ring (bicyclic) bond motifs is 4. The van der Waals surface area contributed by atoms with Gasteiger partial charge in [-0.25, -0.2) is 19.4 Å². The number of rotatable bonds is 18. The monoisotopic (exact) mass is 1000 g/mol. The van der Waals surface area contributed by atoms with Gasteiger partial charge in [0.1, 0.15) is 24.7 Å². The summed E-state index contributed by atoms with van der Waals surface area (Å²) in [6.45, 7) is 7.98. The normalized spacial score (nSPS) is 19.0. The summed E-state index contributed by atoms with van der Waals surface area (Å²) in [6, 6.07) is 20.2. The molecule has 4 aliphatic rings. The van der Waals surface area contributed by atoms with Crippen LogP contribution in [0.5, 0.6) is 34.5 Å². The predicted molar refractivity (Wildman–Crippen MR) is 272 cm³/mol. The summed E-state index contributed by atoms with van der Waals surface area (Å²) in [5.41, 5.74) is 4.61. The first-order valence-corrected chi connectivity index (χ1v) is 23.7. The van der Waals surface area contributed by atoms with Gasteiger partial charge in [-0.2, -0.15) is 0 Å². The molecule has 18 heteroatoms. The maximum Gasteiger partial charge on any atom is 0.416 e. The molecule has 0 saturated carbocycles. The lowest BCUT2D eigenvalue weighted by Crippen LogP contribution is -2.55. The second kappa shape index (κ2) is 23.1. The zero-order valence-corrected chi connectivity index (χ0v) is 41.8. The molecular formula is C55H60N4O14. The molecule has 73 heavy (non-hydrogen) atoms. The first-order chi connectivity index (χ1) is 35.5. The molecule has 4 aromatic rings. The number of carbonyl (C=O) groups excluding carboxylic acids is 4. The molecule has 0 aromatic heterocycles. The van der Waals surface area contributed by atoms with Crippen molar-refractivity contribution in [3.8, 4) is 34.5 Å². The highest BCUT2D eigenvalue weighted by molar-refractivity contribution is 6.07. The van der Waals surface area contributed by atoms with E-state index >= 15 is 0 Å². The molecule has 0 bridgehead atoms. The summed E-state index contributed by atoms with van der Waals surface area (Å²) >= 11 is 0. The summed E-state index contributed by atoms with van der Waals surface area (Å²) in [7, 11) is 9.09. The summed E-state index contributed by atoms with van der Waals surface area (Å²) in [4.78, 5) is 63.3. The minimum atomic E-state index is -1.01. The number of ether oxygens (including phenoxy) is 10. The fraction of sp³-hybridized carbons (Fsp3) is 0.345. The van der Waals surface area contributed by atoms with Crippen molar-refractivity contribution >= 4 is 46.5 Å². The number of amides is 4. The van der Waals surface area contributed by atoms with E-state index in [9.17, 15) is 19.2 Å². The molecule has 0 fully saturated rings. The highest BCUT2D eigenvalue weighted by atomic mass is 16.6. The van der Waals surface area contributed by atoms with E-state index in [2.05, 4.69) is 13.2 Å². The molecule has 0 radical (unpaired) electrons. The van der Waals surface area contributed by atoms with Gasteiger partial charge in [0.25, 0.3) is 11.8 Å². The summed E-state index contributed by atoms with van der Waals surface area (Å²) in [5, 5.41) is 0. The van der Waals surface area contributed by atoms with E-state index in [0.29, 0.717) is 37.3 Å². The molecule has 4 heterocycles. The fourth-order valence-electron chi connectivity index (χ4n) is 9.61. The van der Waals surface area contributed by atoms with E-state index < -0.39 is 36.7 Å². The molecule has 0 saturated heterocycles. The third kappa shape index (κ3) is 10.4. The van der Waals surface area contributed by atoms with E-state index in [1.165, 1.54) is 50.4 Å². The number of benzene rings is 4. The standard InChI is InChI=1S/C55H60N4O14/c1-9-24-72-54(62)58-42-32-48(46(66-5)30-40(42)50(60)56-22-20-36(28-44(56)52(58)68-7)34-12-16-38(64-3)17-13-34)70-26-11-27-71-49-33-43-41(31-47(49)67-6)51(61)57-23-21-37(35-14-18-39(65-4)19-15-35)29-45(57)53(69-8)59(43)55(63)73-25-10-2/h9-10,12-20,29-33,44-45,52-53H,1-2,11,21-28H2,3-8H3/t44-,45-,52?,53?/m0/s1. The Morgan fingerprint density at radius 3 is 1.59 bits per heavy atom. The number of nitrogens with zero attached hydrogens (tertiary/aromatic N) is 4. The van der Waals surface area contributed by atoms with Gasteiger partial charge in [-0.3, -0.25) is 9.59 Å². The smallest absolute Gasteiger partial charge is 0.416 e. The van der Waals surface area contributed by atoms with Crippen LogP contribution >= 0.6 is 0 Å². The van der Waals surface area contributed by atoms with Gasteiger partial charge in [-0.15, -0.1) is 0 Å². The van der Waals surface area contributed by atoms with Crippen molar-refractivity contribution in [2.75, 3.05) is 92.0 Å². The Hall–Kier alpha value is -7.96. The van der Waals surface area contributed by atoms with E-state index in [0.717, 1.165) is 22.3 Å². The lowest BCUT2D eigenvalue weighted by Gasteiger charge is -2.40. The van der Waals surface area contributed by atoms with Crippen LogP contribution in [0.3, 0.4) is 0 Å². The quantitative estimate of drug-likeness (QED) is 0.0687. The molecule has 0 N–H and O–H groups in total. The largest absolute Gasteiger partial charge is 0.497 e.